The molecular weight excluding hydrogens is 338 g/mol. The second kappa shape index (κ2) is 8.48. The number of aryl methyl sites for hydroxylation is 1. The van der Waals surface area contributed by atoms with Crippen LogP contribution in [0, 0.1) is 23.0 Å². The maximum atomic E-state index is 11.4. The van der Waals surface area contributed by atoms with Gasteiger partial charge in [0.05, 0.1) is 10.3 Å². The molecule has 130 valence electrons. The fraction of sp³-hybridized carbons (Fsp3) is 0.294. The zero-order valence-corrected chi connectivity index (χ0v) is 15.0. The second-order valence-electron chi connectivity index (χ2n) is 5.58. The molecule has 1 aliphatic heterocycles. The van der Waals surface area contributed by atoms with Crippen LogP contribution < -0.4 is 10.6 Å². The third-order valence-electron chi connectivity index (χ3n) is 3.63. The zero-order chi connectivity index (χ0) is 18.4. The molecule has 0 fully saturated rings. The van der Waals surface area contributed by atoms with Crippen molar-refractivity contribution in [3.63, 3.8) is 0 Å². The van der Waals surface area contributed by atoms with Crippen LogP contribution in [-0.2, 0) is 0 Å². The largest absolute Gasteiger partial charge is 0.373 e. The van der Waals surface area contributed by atoms with Gasteiger partial charge in [0.2, 0.25) is 0 Å². The van der Waals surface area contributed by atoms with Crippen LogP contribution in [0.4, 0.5) is 0 Å². The molecule has 0 bridgehead atoms. The van der Waals surface area contributed by atoms with Crippen molar-refractivity contribution in [2.45, 2.75) is 26.7 Å². The SMILES string of the molecule is C=NC=N/C(SC1=C([N+](=O)[O-])N=CC(C)CC1)=c1/c(C)ccnc1=C. The Hall–Kier alpha value is -2.61. The number of aliphatic imine (C=N–C) groups is 3. The van der Waals surface area contributed by atoms with E-state index in [4.69, 9.17) is 0 Å². The van der Waals surface area contributed by atoms with Crippen molar-refractivity contribution in [2.75, 3.05) is 0 Å². The minimum absolute atomic E-state index is 0.138. The number of allylic oxidation sites excluding steroid dienone is 1. The average Bonchev–Trinajstić information content (AvgIpc) is 2.74. The first-order valence-corrected chi connectivity index (χ1v) is 8.48. The summed E-state index contributed by atoms with van der Waals surface area (Å²) in [4.78, 5) is 27.7. The normalized spacial score (nSPS) is 19.0. The van der Waals surface area contributed by atoms with Gasteiger partial charge < -0.3 is 10.1 Å². The average molecular weight is 357 g/mol. The summed E-state index contributed by atoms with van der Waals surface area (Å²) >= 11 is 1.21. The lowest BCUT2D eigenvalue weighted by Gasteiger charge is -2.08. The van der Waals surface area contributed by atoms with Gasteiger partial charge in [-0.05, 0) is 48.0 Å². The molecule has 0 N–H and O–H groups in total. The molecule has 0 amide bonds. The van der Waals surface area contributed by atoms with Crippen LogP contribution in [0.5, 0.6) is 0 Å². The molecule has 2 heterocycles. The van der Waals surface area contributed by atoms with E-state index in [9.17, 15) is 10.1 Å². The molecule has 1 aromatic heterocycles. The number of nitrogens with zero attached hydrogens (tertiary/aromatic N) is 5. The van der Waals surface area contributed by atoms with E-state index < -0.39 is 4.92 Å². The number of rotatable bonds is 5. The summed E-state index contributed by atoms with van der Waals surface area (Å²) in [6.45, 7) is 11.2. The van der Waals surface area contributed by atoms with Crippen LogP contribution in [0.3, 0.4) is 0 Å². The minimum atomic E-state index is -0.453. The van der Waals surface area contributed by atoms with Gasteiger partial charge in [-0.15, -0.1) is 0 Å². The van der Waals surface area contributed by atoms with Gasteiger partial charge in [0, 0.05) is 17.3 Å². The van der Waals surface area contributed by atoms with Gasteiger partial charge in [-0.2, -0.15) is 0 Å². The van der Waals surface area contributed by atoms with Crippen molar-refractivity contribution in [2.24, 2.45) is 20.9 Å². The van der Waals surface area contributed by atoms with E-state index >= 15 is 0 Å². The Morgan fingerprint density at radius 2 is 2.32 bits per heavy atom. The molecule has 0 saturated carbocycles. The van der Waals surface area contributed by atoms with Crippen LogP contribution in [0.25, 0.3) is 11.6 Å². The highest BCUT2D eigenvalue weighted by Gasteiger charge is 2.23. The summed E-state index contributed by atoms with van der Waals surface area (Å²) < 4.78 is 0. The standard InChI is InChI=1S/C17H19N5O2S/c1-11-5-6-14(16(20-9-11)22(23)24)25-17(21-10-18-4)15-12(2)7-8-19-13(15)3/h7-11H,3-6H2,1-2H3/b17-15+,21-10?. The van der Waals surface area contributed by atoms with E-state index in [0.717, 1.165) is 17.2 Å². The molecule has 2 rings (SSSR count). The minimum Gasteiger partial charge on any atom is -0.358 e. The Morgan fingerprint density at radius 1 is 1.56 bits per heavy atom. The number of hydrogen-bond donors (Lipinski definition) is 0. The van der Waals surface area contributed by atoms with Crippen molar-refractivity contribution in [3.8, 4) is 0 Å². The summed E-state index contributed by atoms with van der Waals surface area (Å²) in [6.07, 6.45) is 5.93. The summed E-state index contributed by atoms with van der Waals surface area (Å²) in [7, 11) is 0. The first-order valence-electron chi connectivity index (χ1n) is 7.66. The van der Waals surface area contributed by atoms with Crippen molar-refractivity contribution in [3.05, 3.63) is 49.2 Å². The van der Waals surface area contributed by atoms with Gasteiger partial charge in [-0.3, -0.25) is 9.98 Å². The number of nitro groups is 1. The Bertz CT molecular complexity index is 889. The maximum absolute atomic E-state index is 11.4. The van der Waals surface area contributed by atoms with Crippen LogP contribution in [0.1, 0.15) is 25.3 Å². The van der Waals surface area contributed by atoms with E-state index in [1.807, 2.05) is 19.9 Å². The molecule has 0 aromatic carbocycles. The van der Waals surface area contributed by atoms with Crippen LogP contribution in [-0.4, -0.2) is 29.2 Å². The van der Waals surface area contributed by atoms with Gasteiger partial charge in [0.1, 0.15) is 17.6 Å². The highest BCUT2D eigenvalue weighted by molar-refractivity contribution is 8.11. The molecule has 8 heteroatoms. The first-order chi connectivity index (χ1) is 11.9. The predicted molar refractivity (Wildman–Crippen MR) is 104 cm³/mol. The Morgan fingerprint density at radius 3 is 2.96 bits per heavy atom. The van der Waals surface area contributed by atoms with Crippen LogP contribution >= 0.6 is 11.8 Å². The monoisotopic (exact) mass is 357 g/mol. The van der Waals surface area contributed by atoms with E-state index in [1.165, 1.54) is 18.1 Å². The lowest BCUT2D eigenvalue weighted by atomic mass is 10.1. The molecule has 0 spiro atoms. The molecule has 0 aliphatic carbocycles. The molecule has 1 aliphatic rings. The van der Waals surface area contributed by atoms with E-state index in [2.05, 4.69) is 33.3 Å². The van der Waals surface area contributed by atoms with Crippen molar-refractivity contribution in [1.29, 1.82) is 0 Å². The van der Waals surface area contributed by atoms with Gasteiger partial charge in [-0.1, -0.05) is 25.3 Å². The molecule has 0 saturated heterocycles. The number of thioether (sulfide) groups is 1. The molecule has 1 atom stereocenters. The Balaban J connectivity index is 2.64. The first kappa shape index (κ1) is 18.7. The smallest absolute Gasteiger partial charge is 0.358 e. The predicted octanol–water partition coefficient (Wildman–Crippen LogP) is 2.27. The van der Waals surface area contributed by atoms with Crippen molar-refractivity contribution >= 4 is 42.6 Å². The third kappa shape index (κ3) is 4.69. The summed E-state index contributed by atoms with van der Waals surface area (Å²) in [5.41, 5.74) is 0.928. The summed E-state index contributed by atoms with van der Waals surface area (Å²) in [6, 6.07) is 1.84. The van der Waals surface area contributed by atoms with E-state index in [0.29, 0.717) is 21.7 Å². The highest BCUT2D eigenvalue weighted by Crippen LogP contribution is 2.35. The van der Waals surface area contributed by atoms with Crippen molar-refractivity contribution in [1.82, 2.24) is 4.98 Å². The van der Waals surface area contributed by atoms with Gasteiger partial charge in [0.15, 0.2) is 0 Å². The second-order valence-corrected chi connectivity index (χ2v) is 6.67. The van der Waals surface area contributed by atoms with Gasteiger partial charge in [-0.25, -0.2) is 4.99 Å². The maximum Gasteiger partial charge on any atom is 0.373 e. The van der Waals surface area contributed by atoms with Gasteiger partial charge in [0.25, 0.3) is 0 Å². The Kier molecular flexibility index (Phi) is 6.35. The number of aromatic nitrogens is 1. The molecule has 25 heavy (non-hydrogen) atoms. The molecule has 1 unspecified atom stereocenters. The summed E-state index contributed by atoms with van der Waals surface area (Å²) in [5.74, 6) is 0.0409. The quantitative estimate of drug-likeness (QED) is 0.350. The Labute approximate surface area is 149 Å². The van der Waals surface area contributed by atoms with E-state index in [1.54, 1.807) is 12.4 Å². The zero-order valence-electron chi connectivity index (χ0n) is 14.2. The van der Waals surface area contributed by atoms with Crippen LogP contribution in [0.15, 0.2) is 38.0 Å². The fourth-order valence-corrected chi connectivity index (χ4v) is 3.47. The summed E-state index contributed by atoms with van der Waals surface area (Å²) in [5, 5.41) is 13.2. The molecular formula is C17H19N5O2S. The number of pyridine rings is 1. The third-order valence-corrected chi connectivity index (χ3v) is 4.76. The van der Waals surface area contributed by atoms with Crippen molar-refractivity contribution < 1.29 is 4.92 Å². The highest BCUT2D eigenvalue weighted by atomic mass is 32.2. The molecule has 1 aromatic rings. The van der Waals surface area contributed by atoms with Crippen LogP contribution in [0.2, 0.25) is 0 Å². The number of hydrogen-bond acceptors (Lipinski definition) is 6. The van der Waals surface area contributed by atoms with E-state index in [-0.39, 0.29) is 11.7 Å². The van der Waals surface area contributed by atoms with Gasteiger partial charge >= 0.3 is 5.82 Å². The fourth-order valence-electron chi connectivity index (χ4n) is 2.32. The topological polar surface area (TPSA) is 93.1 Å². The molecule has 0 radical (unpaired) electrons. The lowest BCUT2D eigenvalue weighted by Crippen LogP contribution is -2.30. The molecule has 7 nitrogen and oxygen atoms in total. The lowest BCUT2D eigenvalue weighted by molar-refractivity contribution is -0.426.